The molecule has 0 saturated carbocycles. The van der Waals surface area contributed by atoms with Gasteiger partial charge in [-0.3, -0.25) is 0 Å². The van der Waals surface area contributed by atoms with Crippen molar-refractivity contribution in [2.75, 3.05) is 26.8 Å². The molecule has 0 aliphatic carbocycles. The van der Waals surface area contributed by atoms with Crippen molar-refractivity contribution in [3.05, 3.63) is 0 Å². The molecule has 1 rings (SSSR count). The summed E-state index contributed by atoms with van der Waals surface area (Å²) in [6.45, 7) is 2.00. The molecule has 0 atom stereocenters. The number of nitrogens with zero attached hydrogens (tertiary/aromatic N) is 2. The minimum atomic E-state index is 0.0498. The van der Waals surface area contributed by atoms with Gasteiger partial charge in [0.25, 0.3) is 0 Å². The van der Waals surface area contributed by atoms with Gasteiger partial charge in [-0.2, -0.15) is 0 Å². The van der Waals surface area contributed by atoms with Gasteiger partial charge in [-0.25, -0.2) is 4.79 Å². The monoisotopic (exact) mass is 143 g/mol. The molecule has 0 bridgehead atoms. The molecule has 1 aliphatic heterocycles. The number of nitrogens with two attached hydrogens (primary N) is 1. The van der Waals surface area contributed by atoms with Gasteiger partial charge in [0.15, 0.2) is 0 Å². The Morgan fingerprint density at radius 1 is 1.60 bits per heavy atom. The molecular formula is C6H13N3O. The molecule has 0 aromatic carbocycles. The molecule has 1 saturated heterocycles. The van der Waals surface area contributed by atoms with Crippen LogP contribution in [0.4, 0.5) is 4.79 Å². The fraction of sp³-hybridized carbons (Fsp3) is 0.833. The Morgan fingerprint density at radius 2 is 2.30 bits per heavy atom. The van der Waals surface area contributed by atoms with E-state index in [0.29, 0.717) is 6.67 Å². The second-order valence-electron chi connectivity index (χ2n) is 2.50. The van der Waals surface area contributed by atoms with E-state index >= 15 is 0 Å². The van der Waals surface area contributed by atoms with Crippen molar-refractivity contribution in [2.24, 2.45) is 5.73 Å². The van der Waals surface area contributed by atoms with Crippen LogP contribution >= 0.6 is 0 Å². The van der Waals surface area contributed by atoms with E-state index in [1.165, 1.54) is 0 Å². The minimum Gasteiger partial charge on any atom is -0.328 e. The molecule has 0 aromatic rings. The van der Waals surface area contributed by atoms with Crippen LogP contribution in [0.1, 0.15) is 6.42 Å². The van der Waals surface area contributed by atoms with Gasteiger partial charge < -0.3 is 15.5 Å². The maximum atomic E-state index is 11.1. The molecule has 0 radical (unpaired) electrons. The van der Waals surface area contributed by atoms with Gasteiger partial charge in [-0.05, 0) is 6.42 Å². The third-order valence-corrected chi connectivity index (χ3v) is 1.74. The topological polar surface area (TPSA) is 49.6 Å². The molecule has 1 fully saturated rings. The lowest BCUT2D eigenvalue weighted by atomic mass is 10.3. The lowest BCUT2D eigenvalue weighted by Gasteiger charge is -2.32. The van der Waals surface area contributed by atoms with Crippen LogP contribution in [0.25, 0.3) is 0 Å². The van der Waals surface area contributed by atoms with Crippen molar-refractivity contribution in [3.63, 3.8) is 0 Å². The zero-order valence-corrected chi connectivity index (χ0v) is 6.21. The Labute approximate surface area is 60.6 Å². The molecule has 1 heterocycles. The molecule has 0 unspecified atom stereocenters. The van der Waals surface area contributed by atoms with Crippen molar-refractivity contribution in [2.45, 2.75) is 6.42 Å². The quantitative estimate of drug-likeness (QED) is 0.546. The van der Waals surface area contributed by atoms with Crippen molar-refractivity contribution < 1.29 is 4.79 Å². The van der Waals surface area contributed by atoms with Crippen molar-refractivity contribution in [3.8, 4) is 0 Å². The molecule has 4 heteroatoms. The maximum absolute atomic E-state index is 11.1. The van der Waals surface area contributed by atoms with Crippen molar-refractivity contribution >= 4 is 6.03 Å². The van der Waals surface area contributed by atoms with E-state index in [-0.39, 0.29) is 6.03 Å². The minimum absolute atomic E-state index is 0.0498. The van der Waals surface area contributed by atoms with E-state index in [2.05, 4.69) is 0 Å². The summed E-state index contributed by atoms with van der Waals surface area (Å²) in [4.78, 5) is 14.5. The Hall–Kier alpha value is -0.770. The summed E-state index contributed by atoms with van der Waals surface area (Å²) in [6.07, 6.45) is 1.03. The number of rotatable bonds is 1. The molecule has 0 spiro atoms. The molecule has 0 aromatic heterocycles. The van der Waals surface area contributed by atoms with Gasteiger partial charge in [0, 0.05) is 20.1 Å². The molecule has 2 amide bonds. The predicted molar refractivity (Wildman–Crippen MR) is 38.4 cm³/mol. The highest BCUT2D eigenvalue weighted by Crippen LogP contribution is 2.03. The highest BCUT2D eigenvalue weighted by Gasteiger charge is 2.20. The molecule has 2 N–H and O–H groups in total. The summed E-state index contributed by atoms with van der Waals surface area (Å²) in [5, 5.41) is 0. The highest BCUT2D eigenvalue weighted by atomic mass is 16.2. The van der Waals surface area contributed by atoms with Crippen molar-refractivity contribution in [1.82, 2.24) is 9.80 Å². The van der Waals surface area contributed by atoms with Crippen LogP contribution in [0.15, 0.2) is 0 Å². The average molecular weight is 143 g/mol. The van der Waals surface area contributed by atoms with E-state index in [0.717, 1.165) is 19.5 Å². The number of urea groups is 1. The second-order valence-corrected chi connectivity index (χ2v) is 2.50. The van der Waals surface area contributed by atoms with E-state index < -0.39 is 0 Å². The van der Waals surface area contributed by atoms with Crippen LogP contribution in [0.3, 0.4) is 0 Å². The summed E-state index contributed by atoms with van der Waals surface area (Å²) >= 11 is 0. The Kier molecular flexibility index (Phi) is 2.11. The Morgan fingerprint density at radius 3 is 2.80 bits per heavy atom. The van der Waals surface area contributed by atoms with Crippen molar-refractivity contribution in [1.29, 1.82) is 0 Å². The molecular weight excluding hydrogens is 130 g/mol. The summed E-state index contributed by atoms with van der Waals surface area (Å²) in [7, 11) is 1.80. The van der Waals surface area contributed by atoms with Crippen LogP contribution in [-0.4, -0.2) is 42.6 Å². The Bertz CT molecular complexity index is 137. The third-order valence-electron chi connectivity index (χ3n) is 1.74. The number of hydrogen-bond acceptors (Lipinski definition) is 2. The van der Waals surface area contributed by atoms with Crippen LogP contribution in [-0.2, 0) is 0 Å². The van der Waals surface area contributed by atoms with Crippen LogP contribution in [0, 0.1) is 0 Å². The van der Waals surface area contributed by atoms with E-state index in [1.54, 1.807) is 16.8 Å². The normalized spacial score (nSPS) is 20.0. The average Bonchev–Trinajstić information content (AvgIpc) is 1.95. The third kappa shape index (κ3) is 1.21. The van der Waals surface area contributed by atoms with Gasteiger partial charge in [-0.1, -0.05) is 0 Å². The first kappa shape index (κ1) is 7.34. The van der Waals surface area contributed by atoms with Crippen LogP contribution in [0.2, 0.25) is 0 Å². The predicted octanol–water partition coefficient (Wildman–Crippen LogP) is -0.340. The van der Waals surface area contributed by atoms with Gasteiger partial charge in [0.05, 0.1) is 6.67 Å². The number of hydrogen-bond donors (Lipinski definition) is 1. The number of amides is 2. The SMILES string of the molecule is CN1CCCN(CN)C1=O. The number of carbonyl (C=O) groups excluding carboxylic acids is 1. The molecule has 4 nitrogen and oxygen atoms in total. The van der Waals surface area contributed by atoms with Gasteiger partial charge in [-0.15, -0.1) is 0 Å². The summed E-state index contributed by atoms with van der Waals surface area (Å²) in [5.74, 6) is 0. The summed E-state index contributed by atoms with van der Waals surface area (Å²) in [6, 6.07) is 0.0498. The Balaban J connectivity index is 2.51. The largest absolute Gasteiger partial charge is 0.328 e. The van der Waals surface area contributed by atoms with E-state index in [1.807, 2.05) is 0 Å². The summed E-state index contributed by atoms with van der Waals surface area (Å²) < 4.78 is 0. The molecule has 10 heavy (non-hydrogen) atoms. The molecule has 1 aliphatic rings. The van der Waals surface area contributed by atoms with Gasteiger partial charge in [0.1, 0.15) is 0 Å². The summed E-state index contributed by atoms with van der Waals surface area (Å²) in [5.41, 5.74) is 5.33. The molecule has 58 valence electrons. The van der Waals surface area contributed by atoms with Gasteiger partial charge >= 0.3 is 6.03 Å². The van der Waals surface area contributed by atoms with Gasteiger partial charge in [0.2, 0.25) is 0 Å². The first-order valence-electron chi connectivity index (χ1n) is 3.46. The smallest absolute Gasteiger partial charge is 0.320 e. The fourth-order valence-corrected chi connectivity index (χ4v) is 1.10. The zero-order chi connectivity index (χ0) is 7.56. The number of carbonyl (C=O) groups is 1. The zero-order valence-electron chi connectivity index (χ0n) is 6.21. The maximum Gasteiger partial charge on any atom is 0.320 e. The standard InChI is InChI=1S/C6H13N3O/c1-8-3-2-4-9(5-7)6(8)10/h2-5,7H2,1H3. The first-order chi connectivity index (χ1) is 4.75. The first-order valence-corrected chi connectivity index (χ1v) is 3.46. The second kappa shape index (κ2) is 2.88. The van der Waals surface area contributed by atoms with Crippen LogP contribution < -0.4 is 5.73 Å². The highest BCUT2D eigenvalue weighted by molar-refractivity contribution is 5.74. The lowest BCUT2D eigenvalue weighted by Crippen LogP contribution is -2.49. The van der Waals surface area contributed by atoms with E-state index in [4.69, 9.17) is 5.73 Å². The van der Waals surface area contributed by atoms with E-state index in [9.17, 15) is 4.79 Å². The fourth-order valence-electron chi connectivity index (χ4n) is 1.10. The lowest BCUT2D eigenvalue weighted by molar-refractivity contribution is 0.143. The van der Waals surface area contributed by atoms with Crippen LogP contribution in [0.5, 0.6) is 0 Å².